The molecule has 1 saturated heterocycles. The third-order valence-corrected chi connectivity index (χ3v) is 3.93. The van der Waals surface area contributed by atoms with E-state index < -0.39 is 6.09 Å². The number of cyclic esters (lactones) is 1. The lowest BCUT2D eigenvalue weighted by Gasteiger charge is -2.12. The number of ether oxygens (including phenoxy) is 2. The van der Waals surface area contributed by atoms with Gasteiger partial charge in [-0.2, -0.15) is 4.99 Å². The van der Waals surface area contributed by atoms with Crippen molar-refractivity contribution in [2.75, 3.05) is 13.2 Å². The van der Waals surface area contributed by atoms with Gasteiger partial charge in [-0.05, 0) is 43.5 Å². The quantitative estimate of drug-likeness (QED) is 0.590. The fraction of sp³-hybridized carbons (Fsp3) is 0.250. The molecule has 0 spiro atoms. The second-order valence-corrected chi connectivity index (χ2v) is 5.95. The van der Waals surface area contributed by atoms with Crippen molar-refractivity contribution in [3.8, 4) is 5.75 Å². The number of benzene rings is 1. The number of amides is 1. The zero-order chi connectivity index (χ0) is 19.8. The van der Waals surface area contributed by atoms with E-state index in [0.29, 0.717) is 32.1 Å². The number of guanidine groups is 1. The molecule has 0 saturated carbocycles. The van der Waals surface area contributed by atoms with Crippen LogP contribution in [0.25, 0.3) is 0 Å². The van der Waals surface area contributed by atoms with Crippen LogP contribution in [0.5, 0.6) is 5.75 Å². The van der Waals surface area contributed by atoms with E-state index >= 15 is 0 Å². The zero-order valence-corrected chi connectivity index (χ0v) is 15.6. The molecule has 2 aromatic rings. The Kier molecular flexibility index (Phi) is 6.46. The van der Waals surface area contributed by atoms with Gasteiger partial charge < -0.3 is 9.47 Å². The van der Waals surface area contributed by atoms with Crippen LogP contribution >= 0.6 is 0 Å². The van der Waals surface area contributed by atoms with Crippen LogP contribution in [-0.4, -0.2) is 47.6 Å². The first-order valence-electron chi connectivity index (χ1n) is 8.78. The van der Waals surface area contributed by atoms with Crippen molar-refractivity contribution in [3.63, 3.8) is 0 Å². The van der Waals surface area contributed by atoms with Gasteiger partial charge in [0.15, 0.2) is 0 Å². The van der Waals surface area contributed by atoms with Gasteiger partial charge >= 0.3 is 6.09 Å². The number of nitrogens with zero attached hydrogens (tertiary/aromatic N) is 5. The first-order chi connectivity index (χ1) is 13.7. The van der Waals surface area contributed by atoms with Crippen LogP contribution in [0.4, 0.5) is 4.79 Å². The van der Waals surface area contributed by atoms with Crippen molar-refractivity contribution in [1.82, 2.24) is 9.88 Å². The van der Waals surface area contributed by atoms with E-state index in [4.69, 9.17) is 9.47 Å². The third kappa shape index (κ3) is 5.23. The molecule has 8 heteroatoms. The zero-order valence-electron chi connectivity index (χ0n) is 15.6. The average molecular weight is 379 g/mol. The van der Waals surface area contributed by atoms with Gasteiger partial charge in [0.05, 0.1) is 18.8 Å². The smallest absolute Gasteiger partial charge is 0.416 e. The maximum Gasteiger partial charge on any atom is 0.416 e. The number of rotatable bonds is 5. The van der Waals surface area contributed by atoms with Crippen molar-refractivity contribution in [2.24, 2.45) is 15.0 Å². The van der Waals surface area contributed by atoms with E-state index in [9.17, 15) is 4.79 Å². The Hall–Kier alpha value is -3.55. The summed E-state index contributed by atoms with van der Waals surface area (Å²) in [6.07, 6.45) is 1.28. The van der Waals surface area contributed by atoms with Gasteiger partial charge in [0, 0.05) is 6.20 Å². The molecular weight excluding hydrogens is 358 g/mol. The molecule has 0 N–H and O–H groups in total. The summed E-state index contributed by atoms with van der Waals surface area (Å²) in [5.74, 6) is 1.44. The number of amidine groups is 1. The number of carbonyl (C=O) groups is 1. The van der Waals surface area contributed by atoms with E-state index in [2.05, 4.69) is 26.7 Å². The Labute approximate surface area is 163 Å². The number of hydrogen-bond donors (Lipinski definition) is 0. The van der Waals surface area contributed by atoms with Crippen molar-refractivity contribution >= 4 is 24.6 Å². The largest absolute Gasteiger partial charge is 0.487 e. The lowest BCUT2D eigenvalue weighted by atomic mass is 10.2. The highest BCUT2D eigenvalue weighted by molar-refractivity contribution is 6.02. The average Bonchev–Trinajstić information content (AvgIpc) is 3.16. The molecule has 1 aliphatic rings. The van der Waals surface area contributed by atoms with E-state index in [1.54, 1.807) is 13.1 Å². The molecule has 0 bridgehead atoms. The maximum atomic E-state index is 11.8. The number of hydrogen-bond acceptors (Lipinski definition) is 5. The first-order valence-corrected chi connectivity index (χ1v) is 8.78. The molecule has 8 nitrogen and oxygen atoms in total. The molecular formula is C20H21N5O3. The maximum absolute atomic E-state index is 11.8. The topological polar surface area (TPSA) is 88.7 Å². The minimum atomic E-state index is -0.461. The van der Waals surface area contributed by atoms with E-state index in [1.165, 1.54) is 4.90 Å². The highest BCUT2D eigenvalue weighted by Gasteiger charge is 2.26. The predicted octanol–water partition coefficient (Wildman–Crippen LogP) is 3.09. The second kappa shape index (κ2) is 9.40. The minimum absolute atomic E-state index is 0.267. The Morgan fingerprint density at radius 2 is 2.11 bits per heavy atom. The molecule has 2 heterocycles. The normalized spacial score (nSPS) is 14.8. The standard InChI is InChI=1S/C20H21N5O3/c1-15(21-2)24-19(25-11-12-27-20(25)26)23-13-16-6-8-18(9-7-16)28-14-17-5-3-4-10-22-17/h3-10H,2,11-14H2,1H3/b23-19?,24-15-. The lowest BCUT2D eigenvalue weighted by molar-refractivity contribution is 0.168. The summed E-state index contributed by atoms with van der Waals surface area (Å²) in [7, 11) is 0. The highest BCUT2D eigenvalue weighted by atomic mass is 16.6. The van der Waals surface area contributed by atoms with Crippen LogP contribution in [-0.2, 0) is 17.9 Å². The summed E-state index contributed by atoms with van der Waals surface area (Å²) < 4.78 is 10.7. The lowest BCUT2D eigenvalue weighted by Crippen LogP contribution is -2.31. The number of pyridine rings is 1. The number of aromatic nitrogens is 1. The molecule has 3 rings (SSSR count). The summed E-state index contributed by atoms with van der Waals surface area (Å²) in [6.45, 7) is 6.61. The second-order valence-electron chi connectivity index (χ2n) is 5.95. The van der Waals surface area contributed by atoms with Crippen LogP contribution in [0.1, 0.15) is 18.2 Å². The molecule has 28 heavy (non-hydrogen) atoms. The molecule has 0 unspecified atom stereocenters. The van der Waals surface area contributed by atoms with Gasteiger partial charge in [-0.3, -0.25) is 4.98 Å². The predicted molar refractivity (Wildman–Crippen MR) is 107 cm³/mol. The monoisotopic (exact) mass is 379 g/mol. The van der Waals surface area contributed by atoms with Crippen LogP contribution in [0.3, 0.4) is 0 Å². The van der Waals surface area contributed by atoms with Gasteiger partial charge in [-0.15, -0.1) is 0 Å². The Morgan fingerprint density at radius 1 is 1.29 bits per heavy atom. The molecule has 1 aromatic heterocycles. The van der Waals surface area contributed by atoms with Gasteiger partial charge in [0.25, 0.3) is 0 Å². The van der Waals surface area contributed by atoms with Gasteiger partial charge in [0.2, 0.25) is 5.96 Å². The van der Waals surface area contributed by atoms with Crippen LogP contribution in [0, 0.1) is 0 Å². The third-order valence-electron chi connectivity index (χ3n) is 3.93. The first kappa shape index (κ1) is 19.2. The molecule has 0 atom stereocenters. The van der Waals surface area contributed by atoms with Gasteiger partial charge in [-0.1, -0.05) is 18.2 Å². The summed E-state index contributed by atoms with van der Waals surface area (Å²) >= 11 is 0. The summed E-state index contributed by atoms with van der Waals surface area (Å²) in [5, 5.41) is 0. The van der Waals surface area contributed by atoms with Crippen molar-refractivity contribution < 1.29 is 14.3 Å². The molecule has 1 amide bonds. The number of carbonyl (C=O) groups excluding carboxylic acids is 1. The Morgan fingerprint density at radius 3 is 2.75 bits per heavy atom. The van der Waals surface area contributed by atoms with Crippen molar-refractivity contribution in [3.05, 3.63) is 59.9 Å². The van der Waals surface area contributed by atoms with E-state index in [1.807, 2.05) is 42.5 Å². The fourth-order valence-corrected chi connectivity index (χ4v) is 2.43. The van der Waals surface area contributed by atoms with Crippen LogP contribution in [0.15, 0.2) is 63.6 Å². The molecule has 1 aromatic carbocycles. The Balaban J connectivity index is 1.65. The summed E-state index contributed by atoms with van der Waals surface area (Å²) in [6, 6.07) is 13.3. The molecule has 0 radical (unpaired) electrons. The summed E-state index contributed by atoms with van der Waals surface area (Å²) in [5.41, 5.74) is 1.82. The van der Waals surface area contributed by atoms with Crippen LogP contribution < -0.4 is 4.74 Å². The van der Waals surface area contributed by atoms with E-state index in [-0.39, 0.29) is 5.96 Å². The molecule has 1 fully saturated rings. The fourth-order valence-electron chi connectivity index (χ4n) is 2.43. The Bertz CT molecular complexity index is 878. The van der Waals surface area contributed by atoms with Gasteiger partial charge in [0.1, 0.15) is 24.8 Å². The van der Waals surface area contributed by atoms with Crippen molar-refractivity contribution in [1.29, 1.82) is 0 Å². The molecule has 1 aliphatic heterocycles. The molecule has 144 valence electrons. The minimum Gasteiger partial charge on any atom is -0.487 e. The van der Waals surface area contributed by atoms with Gasteiger partial charge in [-0.25, -0.2) is 19.7 Å². The molecule has 0 aliphatic carbocycles. The van der Waals surface area contributed by atoms with Crippen LogP contribution in [0.2, 0.25) is 0 Å². The van der Waals surface area contributed by atoms with Crippen molar-refractivity contribution in [2.45, 2.75) is 20.1 Å². The SMILES string of the molecule is C=N/C(C)=N\C(=NCc1ccc(OCc2ccccn2)cc1)N1CCOC1=O. The summed E-state index contributed by atoms with van der Waals surface area (Å²) in [4.78, 5) is 29.9. The highest BCUT2D eigenvalue weighted by Crippen LogP contribution is 2.15. The number of aliphatic imine (C=N–C) groups is 3. The van der Waals surface area contributed by atoms with E-state index in [0.717, 1.165) is 17.0 Å².